The molecule has 0 bridgehead atoms. The molecule has 21 heavy (non-hydrogen) atoms. The monoisotopic (exact) mass is 297 g/mol. The summed E-state index contributed by atoms with van der Waals surface area (Å²) in [6.07, 6.45) is 2.94. The predicted octanol–water partition coefficient (Wildman–Crippen LogP) is 1.25. The number of rotatable bonds is 2. The van der Waals surface area contributed by atoms with Gasteiger partial charge in [0.2, 0.25) is 0 Å². The number of aromatic nitrogens is 1. The Morgan fingerprint density at radius 2 is 2.05 bits per heavy atom. The van der Waals surface area contributed by atoms with Gasteiger partial charge in [-0.3, -0.25) is 19.5 Å². The van der Waals surface area contributed by atoms with Gasteiger partial charge in [0, 0.05) is 22.8 Å². The summed E-state index contributed by atoms with van der Waals surface area (Å²) in [6.45, 7) is 0.493. The highest BCUT2D eigenvalue weighted by atomic mass is 32.1. The van der Waals surface area contributed by atoms with Crippen molar-refractivity contribution in [3.8, 4) is 11.8 Å². The molecular formula is C15H11N3O2S. The number of amides is 2. The largest absolute Gasteiger partial charge is 0.320 e. The Morgan fingerprint density at radius 3 is 2.81 bits per heavy atom. The Balaban J connectivity index is 1.89. The number of carbonyl (C=O) groups excluding carboxylic acids is 2. The fourth-order valence-corrected chi connectivity index (χ4v) is 2.96. The zero-order valence-electron chi connectivity index (χ0n) is 11.0. The third-order valence-corrected chi connectivity index (χ3v) is 4.05. The zero-order chi connectivity index (χ0) is 14.8. The lowest BCUT2D eigenvalue weighted by Crippen LogP contribution is -2.29. The van der Waals surface area contributed by atoms with E-state index in [-0.39, 0.29) is 24.9 Å². The summed E-state index contributed by atoms with van der Waals surface area (Å²) in [6, 6.07) is 3.43. The van der Waals surface area contributed by atoms with Crippen LogP contribution in [0.5, 0.6) is 0 Å². The van der Waals surface area contributed by atoms with E-state index >= 15 is 0 Å². The number of carbonyl (C=O) groups is 2. The molecule has 104 valence electrons. The number of nitrogens with zero attached hydrogens (tertiary/aromatic N) is 2. The predicted molar refractivity (Wildman–Crippen MR) is 78.7 cm³/mol. The fraction of sp³-hybridized carbons (Fsp3) is 0.133. The Morgan fingerprint density at radius 1 is 1.24 bits per heavy atom. The van der Waals surface area contributed by atoms with E-state index in [1.165, 1.54) is 28.6 Å². The topological polar surface area (TPSA) is 76.3 Å². The molecule has 0 fully saturated rings. The number of nitrogens with two attached hydrogens (primary N) is 1. The number of imide groups is 1. The number of hydrogen-bond acceptors (Lipinski definition) is 5. The molecule has 3 rings (SSSR count). The summed E-state index contributed by atoms with van der Waals surface area (Å²) in [5.74, 6) is 5.13. The molecule has 0 saturated heterocycles. The van der Waals surface area contributed by atoms with Crippen LogP contribution >= 0.6 is 11.3 Å². The first-order chi connectivity index (χ1) is 10.2. The minimum atomic E-state index is -0.311. The van der Waals surface area contributed by atoms with Crippen LogP contribution in [0, 0.1) is 11.8 Å². The summed E-state index contributed by atoms with van der Waals surface area (Å²) in [5, 5.41) is 1.88. The average Bonchev–Trinajstić information content (AvgIpc) is 3.04. The molecule has 2 aromatic rings. The van der Waals surface area contributed by atoms with E-state index in [1.807, 2.05) is 11.4 Å². The molecule has 1 aliphatic heterocycles. The van der Waals surface area contributed by atoms with Crippen LogP contribution in [0.3, 0.4) is 0 Å². The van der Waals surface area contributed by atoms with Crippen molar-refractivity contribution in [1.82, 2.24) is 9.88 Å². The number of pyridine rings is 1. The molecule has 0 spiro atoms. The lowest BCUT2D eigenvalue weighted by Gasteiger charge is -2.12. The molecule has 3 heterocycles. The highest BCUT2D eigenvalue weighted by molar-refractivity contribution is 7.10. The van der Waals surface area contributed by atoms with Crippen molar-refractivity contribution in [3.05, 3.63) is 51.5 Å². The first-order valence-electron chi connectivity index (χ1n) is 6.28. The van der Waals surface area contributed by atoms with Crippen LogP contribution in [-0.2, 0) is 6.54 Å². The first-order valence-corrected chi connectivity index (χ1v) is 7.16. The van der Waals surface area contributed by atoms with Gasteiger partial charge in [-0.15, -0.1) is 11.3 Å². The summed E-state index contributed by atoms with van der Waals surface area (Å²) in [5.41, 5.74) is 6.93. The van der Waals surface area contributed by atoms with Gasteiger partial charge in [-0.1, -0.05) is 11.8 Å². The maximum atomic E-state index is 12.3. The summed E-state index contributed by atoms with van der Waals surface area (Å²) >= 11 is 1.46. The average molecular weight is 297 g/mol. The number of thiophene rings is 1. The van der Waals surface area contributed by atoms with Crippen LogP contribution in [0.2, 0.25) is 0 Å². The van der Waals surface area contributed by atoms with E-state index in [0.29, 0.717) is 11.1 Å². The Hall–Kier alpha value is -2.49. The Kier molecular flexibility index (Phi) is 3.52. The minimum Gasteiger partial charge on any atom is -0.320 e. The van der Waals surface area contributed by atoms with Gasteiger partial charge in [0.05, 0.1) is 24.2 Å². The normalized spacial score (nSPS) is 13.1. The number of hydrogen-bond donors (Lipinski definition) is 1. The van der Waals surface area contributed by atoms with Crippen LogP contribution in [0.25, 0.3) is 0 Å². The van der Waals surface area contributed by atoms with Gasteiger partial charge < -0.3 is 5.73 Å². The summed E-state index contributed by atoms with van der Waals surface area (Å²) in [7, 11) is 0. The highest BCUT2D eigenvalue weighted by Crippen LogP contribution is 2.26. The quantitative estimate of drug-likeness (QED) is 0.668. The van der Waals surface area contributed by atoms with E-state index in [2.05, 4.69) is 16.8 Å². The highest BCUT2D eigenvalue weighted by Gasteiger charge is 2.35. The van der Waals surface area contributed by atoms with E-state index < -0.39 is 0 Å². The third-order valence-electron chi connectivity index (χ3n) is 3.14. The summed E-state index contributed by atoms with van der Waals surface area (Å²) in [4.78, 5) is 30.6. The van der Waals surface area contributed by atoms with Crippen molar-refractivity contribution >= 4 is 23.2 Å². The molecule has 0 aliphatic carbocycles. The van der Waals surface area contributed by atoms with Crippen LogP contribution in [-0.4, -0.2) is 28.2 Å². The number of fused-ring (bicyclic) bond motifs is 1. The van der Waals surface area contributed by atoms with Gasteiger partial charge in [0.15, 0.2) is 0 Å². The molecule has 0 atom stereocenters. The maximum absolute atomic E-state index is 12.3. The fourth-order valence-electron chi connectivity index (χ4n) is 2.14. The van der Waals surface area contributed by atoms with Crippen molar-refractivity contribution in [3.63, 3.8) is 0 Å². The van der Waals surface area contributed by atoms with E-state index in [9.17, 15) is 9.59 Å². The van der Waals surface area contributed by atoms with Crippen molar-refractivity contribution in [2.24, 2.45) is 5.73 Å². The molecule has 2 amide bonds. The minimum absolute atomic E-state index is 0.221. The summed E-state index contributed by atoms with van der Waals surface area (Å²) < 4.78 is 0. The van der Waals surface area contributed by atoms with Gasteiger partial charge in [-0.25, -0.2) is 0 Å². The maximum Gasteiger partial charge on any atom is 0.263 e. The molecule has 0 aromatic carbocycles. The molecule has 2 N–H and O–H groups in total. The lowest BCUT2D eigenvalue weighted by molar-refractivity contribution is 0.0644. The standard InChI is InChI=1S/C15H11N3O2S/c16-5-1-2-10-4-7-21-13(10)9-18-14(19)11-3-6-17-8-12(11)15(18)20/h3-4,6-8H,5,9,16H2. The second-order valence-corrected chi connectivity index (χ2v) is 5.38. The third kappa shape index (κ3) is 2.33. The zero-order valence-corrected chi connectivity index (χ0v) is 11.8. The van der Waals surface area contributed by atoms with Crippen molar-refractivity contribution in [2.75, 3.05) is 6.54 Å². The van der Waals surface area contributed by atoms with Gasteiger partial charge in [0.25, 0.3) is 11.8 Å². The molecule has 6 heteroatoms. The van der Waals surface area contributed by atoms with Crippen molar-refractivity contribution in [1.29, 1.82) is 0 Å². The Bertz CT molecular complexity index is 750. The molecule has 5 nitrogen and oxygen atoms in total. The van der Waals surface area contributed by atoms with Crippen LogP contribution in [0.1, 0.15) is 31.2 Å². The molecule has 1 aliphatic rings. The second kappa shape index (κ2) is 5.48. The molecule has 0 unspecified atom stereocenters. The molecular weight excluding hydrogens is 286 g/mol. The van der Waals surface area contributed by atoms with E-state index in [1.54, 1.807) is 6.07 Å². The first kappa shape index (κ1) is 13.5. The van der Waals surface area contributed by atoms with Crippen LogP contribution in [0.4, 0.5) is 0 Å². The van der Waals surface area contributed by atoms with Gasteiger partial charge in [0.1, 0.15) is 0 Å². The van der Waals surface area contributed by atoms with Gasteiger partial charge in [-0.2, -0.15) is 0 Å². The molecule has 0 radical (unpaired) electrons. The van der Waals surface area contributed by atoms with Gasteiger partial charge in [-0.05, 0) is 17.5 Å². The van der Waals surface area contributed by atoms with E-state index in [4.69, 9.17) is 5.73 Å². The second-order valence-electron chi connectivity index (χ2n) is 4.38. The van der Waals surface area contributed by atoms with E-state index in [0.717, 1.165) is 10.4 Å². The van der Waals surface area contributed by atoms with Crippen molar-refractivity contribution < 1.29 is 9.59 Å². The Labute approximate surface area is 125 Å². The van der Waals surface area contributed by atoms with Crippen LogP contribution < -0.4 is 5.73 Å². The lowest BCUT2D eigenvalue weighted by atomic mass is 10.2. The molecule has 2 aromatic heterocycles. The van der Waals surface area contributed by atoms with Gasteiger partial charge >= 0.3 is 0 Å². The molecule has 0 saturated carbocycles. The van der Waals surface area contributed by atoms with Crippen LogP contribution in [0.15, 0.2) is 29.9 Å². The SMILES string of the molecule is NCC#Cc1ccsc1CN1C(=O)c2ccncc2C1=O. The van der Waals surface area contributed by atoms with Crippen molar-refractivity contribution in [2.45, 2.75) is 6.54 Å². The smallest absolute Gasteiger partial charge is 0.263 e.